The van der Waals surface area contributed by atoms with E-state index in [2.05, 4.69) is 0 Å². The van der Waals surface area contributed by atoms with Crippen molar-refractivity contribution in [2.75, 3.05) is 0 Å². The highest BCUT2D eigenvalue weighted by molar-refractivity contribution is 5.96. The summed E-state index contributed by atoms with van der Waals surface area (Å²) in [7, 11) is 0. The van der Waals surface area contributed by atoms with Gasteiger partial charge in [-0.3, -0.25) is 0 Å². The number of benzene rings is 3. The molecular formula is C22H16F4O2. The number of rotatable bonds is 5. The molecule has 0 aliphatic carbocycles. The van der Waals surface area contributed by atoms with Crippen molar-refractivity contribution in [3.8, 4) is 5.75 Å². The highest BCUT2D eigenvalue weighted by Crippen LogP contribution is 2.26. The number of allylic oxidation sites excluding steroid dienone is 2. The van der Waals surface area contributed by atoms with E-state index in [0.717, 1.165) is 24.3 Å². The molecule has 3 rings (SSSR count). The zero-order valence-corrected chi connectivity index (χ0v) is 14.9. The van der Waals surface area contributed by atoms with Crippen LogP contribution in [-0.4, -0.2) is 5.97 Å². The van der Waals surface area contributed by atoms with Crippen molar-refractivity contribution in [3.05, 3.63) is 89.0 Å². The second-order valence-corrected chi connectivity index (χ2v) is 6.21. The monoisotopic (exact) mass is 388 g/mol. The van der Waals surface area contributed by atoms with Crippen molar-refractivity contribution < 1.29 is 27.1 Å². The van der Waals surface area contributed by atoms with Gasteiger partial charge in [-0.05, 0) is 72.5 Å². The van der Waals surface area contributed by atoms with Crippen LogP contribution in [0.25, 0.3) is 10.8 Å². The van der Waals surface area contributed by atoms with E-state index in [1.807, 2.05) is 19.1 Å². The Morgan fingerprint density at radius 1 is 0.893 bits per heavy atom. The number of esters is 1. The summed E-state index contributed by atoms with van der Waals surface area (Å²) in [6, 6.07) is 8.13. The lowest BCUT2D eigenvalue weighted by atomic mass is 10.1. The second kappa shape index (κ2) is 8.25. The highest BCUT2D eigenvalue weighted by atomic mass is 19.2. The van der Waals surface area contributed by atoms with Crippen molar-refractivity contribution in [2.45, 2.75) is 19.8 Å². The first-order chi connectivity index (χ1) is 13.4. The van der Waals surface area contributed by atoms with E-state index >= 15 is 0 Å². The Balaban J connectivity index is 1.84. The minimum absolute atomic E-state index is 0.0468. The van der Waals surface area contributed by atoms with E-state index < -0.39 is 35.0 Å². The molecule has 0 aromatic heterocycles. The van der Waals surface area contributed by atoms with Crippen LogP contribution in [0.1, 0.15) is 29.3 Å². The lowest BCUT2D eigenvalue weighted by Crippen LogP contribution is -2.11. The Morgan fingerprint density at radius 2 is 1.54 bits per heavy atom. The largest absolute Gasteiger partial charge is 0.417 e. The normalized spacial score (nSPS) is 11.3. The summed E-state index contributed by atoms with van der Waals surface area (Å²) in [5, 5.41) is 0.631. The summed E-state index contributed by atoms with van der Waals surface area (Å²) in [6.07, 6.45) is 4.78. The predicted octanol–water partition coefficient (Wildman–Crippen LogP) is 6.12. The first-order valence-corrected chi connectivity index (χ1v) is 8.59. The van der Waals surface area contributed by atoms with Crippen molar-refractivity contribution >= 4 is 16.7 Å². The molecule has 0 atom stereocenters. The summed E-state index contributed by atoms with van der Waals surface area (Å²) in [5.74, 6) is -5.86. The number of fused-ring (bicyclic) bond motifs is 1. The Hall–Kier alpha value is -3.15. The van der Waals surface area contributed by atoms with Gasteiger partial charge in [0.25, 0.3) is 0 Å². The molecule has 0 aliphatic rings. The van der Waals surface area contributed by atoms with Gasteiger partial charge in [-0.25, -0.2) is 22.4 Å². The lowest BCUT2D eigenvalue weighted by molar-refractivity contribution is 0.0720. The van der Waals surface area contributed by atoms with E-state index in [1.165, 1.54) is 18.2 Å². The molecule has 0 spiro atoms. The van der Waals surface area contributed by atoms with Gasteiger partial charge in [0, 0.05) is 0 Å². The zero-order valence-electron chi connectivity index (χ0n) is 14.9. The summed E-state index contributed by atoms with van der Waals surface area (Å²) in [5.41, 5.74) is 0.394. The standard InChI is InChI=1S/C22H16F4O2/c1-2-3-4-5-13-8-19(25)21(20(26)9-13)28-22(27)15-7-6-14-11-17(23)18(24)12-16(14)10-15/h2-3,6-12H,4-5H2,1H3/b3-2+. The number of halogens is 4. The van der Waals surface area contributed by atoms with Gasteiger partial charge in [0.15, 0.2) is 23.3 Å². The molecule has 0 fully saturated rings. The number of hydrogen-bond acceptors (Lipinski definition) is 2. The van der Waals surface area contributed by atoms with E-state index in [9.17, 15) is 22.4 Å². The number of hydrogen-bond donors (Lipinski definition) is 0. The Kier molecular flexibility index (Phi) is 5.78. The molecule has 0 aliphatic heterocycles. The molecule has 0 saturated carbocycles. The second-order valence-electron chi connectivity index (χ2n) is 6.21. The van der Waals surface area contributed by atoms with Gasteiger partial charge in [-0.1, -0.05) is 18.2 Å². The number of ether oxygens (including phenoxy) is 1. The van der Waals surface area contributed by atoms with E-state index in [0.29, 0.717) is 23.8 Å². The van der Waals surface area contributed by atoms with Gasteiger partial charge in [0.2, 0.25) is 5.75 Å². The Labute approximate surface area is 159 Å². The number of aryl methyl sites for hydroxylation is 1. The van der Waals surface area contributed by atoms with Crippen LogP contribution in [0.4, 0.5) is 17.6 Å². The molecule has 0 heterocycles. The van der Waals surface area contributed by atoms with E-state index in [4.69, 9.17) is 4.74 Å². The third kappa shape index (κ3) is 4.22. The van der Waals surface area contributed by atoms with Gasteiger partial charge >= 0.3 is 5.97 Å². The summed E-state index contributed by atoms with van der Waals surface area (Å²) in [6.45, 7) is 1.85. The molecule has 6 heteroatoms. The van der Waals surface area contributed by atoms with Gasteiger partial charge in [0.1, 0.15) is 0 Å². The molecule has 0 radical (unpaired) electrons. The SMILES string of the molecule is C/C=C/CCc1cc(F)c(OC(=O)c2ccc3cc(F)c(F)cc3c2)c(F)c1. The smallest absolute Gasteiger partial charge is 0.343 e. The molecule has 2 nitrogen and oxygen atoms in total. The fourth-order valence-corrected chi connectivity index (χ4v) is 2.79. The maximum absolute atomic E-state index is 14.2. The summed E-state index contributed by atoms with van der Waals surface area (Å²) < 4.78 is 60.0. The molecule has 3 aromatic rings. The molecular weight excluding hydrogens is 372 g/mol. The Morgan fingerprint density at radius 3 is 2.18 bits per heavy atom. The van der Waals surface area contributed by atoms with Crippen LogP contribution in [0, 0.1) is 23.3 Å². The van der Waals surface area contributed by atoms with Crippen LogP contribution < -0.4 is 4.74 Å². The molecule has 144 valence electrons. The van der Waals surface area contributed by atoms with E-state index in [-0.39, 0.29) is 10.9 Å². The fourth-order valence-electron chi connectivity index (χ4n) is 2.79. The van der Waals surface area contributed by atoms with Crippen molar-refractivity contribution in [3.63, 3.8) is 0 Å². The van der Waals surface area contributed by atoms with Crippen LogP contribution in [0.5, 0.6) is 5.75 Å². The number of carbonyl (C=O) groups excluding carboxylic acids is 1. The molecule has 0 unspecified atom stereocenters. The minimum atomic E-state index is -1.07. The lowest BCUT2D eigenvalue weighted by Gasteiger charge is -2.09. The summed E-state index contributed by atoms with van der Waals surface area (Å²) >= 11 is 0. The van der Waals surface area contributed by atoms with Gasteiger partial charge < -0.3 is 4.74 Å². The van der Waals surface area contributed by atoms with Gasteiger partial charge in [-0.2, -0.15) is 0 Å². The maximum atomic E-state index is 14.2. The molecule has 0 amide bonds. The van der Waals surface area contributed by atoms with E-state index in [1.54, 1.807) is 0 Å². The van der Waals surface area contributed by atoms with Crippen molar-refractivity contribution in [2.24, 2.45) is 0 Å². The molecule has 0 N–H and O–H groups in total. The topological polar surface area (TPSA) is 26.3 Å². The molecule has 0 saturated heterocycles. The van der Waals surface area contributed by atoms with Crippen molar-refractivity contribution in [1.82, 2.24) is 0 Å². The molecule has 3 aromatic carbocycles. The Bertz CT molecular complexity index is 1050. The molecule has 28 heavy (non-hydrogen) atoms. The number of carbonyl (C=O) groups is 1. The minimum Gasteiger partial charge on any atom is -0.417 e. The fraction of sp³-hybridized carbons (Fsp3) is 0.136. The summed E-state index contributed by atoms with van der Waals surface area (Å²) in [4.78, 5) is 12.3. The first kappa shape index (κ1) is 19.6. The van der Waals surface area contributed by atoms with Crippen LogP contribution in [-0.2, 0) is 6.42 Å². The highest BCUT2D eigenvalue weighted by Gasteiger charge is 2.18. The molecule has 0 bridgehead atoms. The maximum Gasteiger partial charge on any atom is 0.343 e. The van der Waals surface area contributed by atoms with Gasteiger partial charge in [-0.15, -0.1) is 0 Å². The predicted molar refractivity (Wildman–Crippen MR) is 98.3 cm³/mol. The zero-order chi connectivity index (χ0) is 20.3. The first-order valence-electron chi connectivity index (χ1n) is 8.59. The van der Waals surface area contributed by atoms with Crippen LogP contribution in [0.3, 0.4) is 0 Å². The van der Waals surface area contributed by atoms with Crippen LogP contribution in [0.2, 0.25) is 0 Å². The van der Waals surface area contributed by atoms with Crippen molar-refractivity contribution in [1.29, 1.82) is 0 Å². The average molecular weight is 388 g/mol. The quantitative estimate of drug-likeness (QED) is 0.228. The van der Waals surface area contributed by atoms with Crippen LogP contribution in [0.15, 0.2) is 54.6 Å². The van der Waals surface area contributed by atoms with Gasteiger partial charge in [0.05, 0.1) is 5.56 Å². The third-order valence-corrected chi connectivity index (χ3v) is 4.20. The third-order valence-electron chi connectivity index (χ3n) is 4.20. The van der Waals surface area contributed by atoms with Crippen LogP contribution >= 0.6 is 0 Å². The average Bonchev–Trinajstić information content (AvgIpc) is 2.65.